The highest BCUT2D eigenvalue weighted by Gasteiger charge is 2.64. The number of anilines is 1. The fourth-order valence-electron chi connectivity index (χ4n) is 4.47. The van der Waals surface area contributed by atoms with E-state index < -0.39 is 23.3 Å². The van der Waals surface area contributed by atoms with Crippen LogP contribution >= 0.6 is 0 Å². The van der Waals surface area contributed by atoms with E-state index in [1.54, 1.807) is 61.5 Å². The van der Waals surface area contributed by atoms with Crippen LogP contribution in [-0.4, -0.2) is 38.1 Å². The van der Waals surface area contributed by atoms with Gasteiger partial charge < -0.3 is 19.9 Å². The summed E-state index contributed by atoms with van der Waals surface area (Å²) >= 11 is 0. The van der Waals surface area contributed by atoms with Crippen LogP contribution in [0.25, 0.3) is 5.76 Å². The fourth-order valence-corrected chi connectivity index (χ4v) is 4.47. The molecule has 0 radical (unpaired) electrons. The molecule has 172 valence electrons. The van der Waals surface area contributed by atoms with Gasteiger partial charge in [-0.1, -0.05) is 54.5 Å². The van der Waals surface area contributed by atoms with Crippen LogP contribution in [0.4, 0.5) is 5.69 Å². The Kier molecular flexibility index (Phi) is 5.86. The zero-order chi connectivity index (χ0) is 24.5. The molecule has 2 aliphatic heterocycles. The Morgan fingerprint density at radius 2 is 1.76 bits per heavy atom. The van der Waals surface area contributed by atoms with E-state index in [0.29, 0.717) is 16.8 Å². The van der Waals surface area contributed by atoms with Crippen molar-refractivity contribution in [1.29, 1.82) is 0 Å². The molecular weight excluding hydrogens is 436 g/mol. The summed E-state index contributed by atoms with van der Waals surface area (Å²) in [5, 5.41) is 0. The number of ether oxygens (including phenoxy) is 3. The zero-order valence-corrected chi connectivity index (χ0v) is 18.7. The first-order chi connectivity index (χ1) is 16.4. The van der Waals surface area contributed by atoms with E-state index in [-0.39, 0.29) is 35.9 Å². The topological polar surface area (TPSA) is 108 Å². The van der Waals surface area contributed by atoms with Gasteiger partial charge in [0.2, 0.25) is 11.8 Å². The van der Waals surface area contributed by atoms with Gasteiger partial charge in [-0.3, -0.25) is 9.69 Å². The third-order valence-electron chi connectivity index (χ3n) is 5.75. The molecule has 2 aromatic carbocycles. The maximum absolute atomic E-state index is 14.2. The minimum Gasteiger partial charge on any atom is -0.465 e. The van der Waals surface area contributed by atoms with Crippen LogP contribution in [0.3, 0.4) is 0 Å². The molecule has 2 aromatic rings. The number of hydrogen-bond donors (Lipinski definition) is 1. The molecule has 2 heterocycles. The molecule has 0 saturated heterocycles. The van der Waals surface area contributed by atoms with Crippen LogP contribution in [0.2, 0.25) is 0 Å². The highest BCUT2D eigenvalue weighted by Crippen LogP contribution is 2.55. The zero-order valence-electron chi connectivity index (χ0n) is 18.7. The number of methoxy groups -OCH3 is 1. The lowest BCUT2D eigenvalue weighted by atomic mass is 9.67. The minimum absolute atomic E-state index is 0.00918. The summed E-state index contributed by atoms with van der Waals surface area (Å²) in [5.41, 5.74) is 5.06. The van der Waals surface area contributed by atoms with Crippen LogP contribution in [0.15, 0.2) is 71.6 Å². The molecule has 2 aliphatic rings. The lowest BCUT2D eigenvalue weighted by molar-refractivity contribution is -0.142. The first-order valence-electron chi connectivity index (χ1n) is 10.5. The average molecular weight is 458 g/mol. The van der Waals surface area contributed by atoms with Crippen molar-refractivity contribution in [2.24, 2.45) is 5.73 Å². The third kappa shape index (κ3) is 3.13. The molecule has 2 N–H and O–H groups in total. The first-order valence-corrected chi connectivity index (χ1v) is 10.5. The number of terminal acetylenes is 1. The SMILES string of the molecule is C#CCN1C(=O)[C@]2(C(C(=O)OC)=C(N)OC(c3ccccc3)=C2C(=O)OCC)c2ccccc21. The van der Waals surface area contributed by atoms with E-state index in [2.05, 4.69) is 5.92 Å². The lowest BCUT2D eigenvalue weighted by Crippen LogP contribution is -2.50. The quantitative estimate of drug-likeness (QED) is 0.541. The number of nitrogens with zero attached hydrogens (tertiary/aromatic N) is 1. The fraction of sp³-hybridized carbons (Fsp3) is 0.192. The van der Waals surface area contributed by atoms with Gasteiger partial charge in [-0.05, 0) is 13.0 Å². The van der Waals surface area contributed by atoms with Crippen LogP contribution in [0, 0.1) is 12.3 Å². The molecule has 0 aliphatic carbocycles. The summed E-state index contributed by atoms with van der Waals surface area (Å²) in [6, 6.07) is 15.4. The second-order valence-electron chi connectivity index (χ2n) is 7.49. The van der Waals surface area contributed by atoms with Crippen molar-refractivity contribution in [3.05, 3.63) is 82.8 Å². The van der Waals surface area contributed by atoms with Crippen LogP contribution in [0.5, 0.6) is 0 Å². The van der Waals surface area contributed by atoms with E-state index in [4.69, 9.17) is 26.4 Å². The standard InChI is InChI=1S/C26H22N2O6/c1-4-15-28-18-14-10-9-13-17(18)26(25(28)31)19(24(30)33-5-2)21(16-11-7-6-8-12-16)34-22(27)20(26)23(29)32-3/h1,6-14H,5,15,27H2,2-3H3/t26-/m1/s1. The second kappa shape index (κ2) is 8.79. The van der Waals surface area contributed by atoms with Crippen LogP contribution in [-0.2, 0) is 34.0 Å². The van der Waals surface area contributed by atoms with Gasteiger partial charge in [-0.15, -0.1) is 6.42 Å². The normalized spacial score (nSPS) is 19.0. The molecule has 0 unspecified atom stereocenters. The summed E-state index contributed by atoms with van der Waals surface area (Å²) in [6.07, 6.45) is 5.55. The number of carbonyl (C=O) groups is 3. The van der Waals surface area contributed by atoms with Crippen molar-refractivity contribution in [2.75, 3.05) is 25.2 Å². The van der Waals surface area contributed by atoms with E-state index >= 15 is 0 Å². The van der Waals surface area contributed by atoms with Gasteiger partial charge in [0.05, 0.1) is 20.3 Å². The highest BCUT2D eigenvalue weighted by atomic mass is 16.5. The van der Waals surface area contributed by atoms with Gasteiger partial charge in [0.1, 0.15) is 22.3 Å². The maximum atomic E-state index is 14.2. The van der Waals surface area contributed by atoms with E-state index in [1.807, 2.05) is 0 Å². The molecule has 1 spiro atoms. The lowest BCUT2D eigenvalue weighted by Gasteiger charge is -2.36. The molecule has 8 nitrogen and oxygen atoms in total. The molecule has 0 bridgehead atoms. The summed E-state index contributed by atoms with van der Waals surface area (Å²) in [7, 11) is 1.15. The van der Waals surface area contributed by atoms with E-state index in [0.717, 1.165) is 7.11 Å². The third-order valence-corrected chi connectivity index (χ3v) is 5.75. The number of nitrogens with two attached hydrogens (primary N) is 1. The summed E-state index contributed by atoms with van der Waals surface area (Å²) < 4.78 is 16.2. The van der Waals surface area contributed by atoms with Gasteiger partial charge >= 0.3 is 11.9 Å². The van der Waals surface area contributed by atoms with Gasteiger partial charge in [-0.2, -0.15) is 0 Å². The largest absolute Gasteiger partial charge is 0.465 e. The molecule has 8 heteroatoms. The minimum atomic E-state index is -1.99. The van der Waals surface area contributed by atoms with Crippen molar-refractivity contribution in [3.8, 4) is 12.3 Å². The van der Waals surface area contributed by atoms with Crippen LogP contribution in [0.1, 0.15) is 18.1 Å². The summed E-state index contributed by atoms with van der Waals surface area (Å²) in [5.74, 6) is -0.267. The Balaban J connectivity index is 2.18. The van der Waals surface area contributed by atoms with Crippen molar-refractivity contribution in [2.45, 2.75) is 12.3 Å². The van der Waals surface area contributed by atoms with Gasteiger partial charge in [0.15, 0.2) is 0 Å². The van der Waals surface area contributed by atoms with Gasteiger partial charge in [0, 0.05) is 16.8 Å². The number of rotatable bonds is 5. The van der Waals surface area contributed by atoms with E-state index in [1.165, 1.54) is 4.90 Å². The Labute approximate surface area is 196 Å². The smallest absolute Gasteiger partial charge is 0.340 e. The Morgan fingerprint density at radius 3 is 2.41 bits per heavy atom. The number of carbonyl (C=O) groups excluding carboxylic acids is 3. The maximum Gasteiger partial charge on any atom is 0.340 e. The molecule has 1 atom stereocenters. The van der Waals surface area contributed by atoms with Crippen molar-refractivity contribution in [3.63, 3.8) is 0 Å². The molecule has 0 aromatic heterocycles. The Morgan fingerprint density at radius 1 is 1.09 bits per heavy atom. The number of fused-ring (bicyclic) bond motifs is 2. The molecule has 4 rings (SSSR count). The molecular formula is C26H22N2O6. The summed E-state index contributed by atoms with van der Waals surface area (Å²) in [4.78, 5) is 42.2. The highest BCUT2D eigenvalue weighted by molar-refractivity contribution is 6.24. The number of benzene rings is 2. The molecule has 0 saturated carbocycles. The molecule has 0 fully saturated rings. The summed E-state index contributed by atoms with van der Waals surface area (Å²) in [6.45, 7) is 1.57. The Hall–Kier alpha value is -4.51. The van der Waals surface area contributed by atoms with Crippen molar-refractivity contribution < 1.29 is 28.6 Å². The molecule has 34 heavy (non-hydrogen) atoms. The average Bonchev–Trinajstić information content (AvgIpc) is 3.08. The predicted molar refractivity (Wildman–Crippen MR) is 124 cm³/mol. The number of hydrogen-bond acceptors (Lipinski definition) is 7. The van der Waals surface area contributed by atoms with Crippen molar-refractivity contribution >= 4 is 29.3 Å². The predicted octanol–water partition coefficient (Wildman–Crippen LogP) is 2.25. The van der Waals surface area contributed by atoms with Gasteiger partial charge in [-0.25, -0.2) is 9.59 Å². The van der Waals surface area contributed by atoms with Gasteiger partial charge in [0.25, 0.3) is 0 Å². The molecule has 1 amide bonds. The first kappa shape index (κ1) is 22.7. The number of amides is 1. The number of para-hydroxylation sites is 1. The van der Waals surface area contributed by atoms with E-state index in [9.17, 15) is 14.4 Å². The van der Waals surface area contributed by atoms with Crippen LogP contribution < -0.4 is 10.6 Å². The van der Waals surface area contributed by atoms with Crippen molar-refractivity contribution in [1.82, 2.24) is 0 Å². The monoisotopic (exact) mass is 458 g/mol. The number of esters is 2. The second-order valence-corrected chi connectivity index (χ2v) is 7.49. The Bertz CT molecular complexity index is 1290.